The minimum atomic E-state index is -0.874. The molecule has 2 aromatic carbocycles. The molecule has 45 heavy (non-hydrogen) atoms. The van der Waals surface area contributed by atoms with Crippen LogP contribution < -0.4 is 20.1 Å². The van der Waals surface area contributed by atoms with E-state index in [1.807, 2.05) is 29.2 Å². The lowest BCUT2D eigenvalue weighted by molar-refractivity contribution is -0.163. The van der Waals surface area contributed by atoms with Gasteiger partial charge >= 0.3 is 0 Å². The molecule has 1 atom stereocenters. The molecule has 5 rings (SSSR count). The monoisotopic (exact) mass is 620 g/mol. The molecule has 0 aromatic heterocycles. The van der Waals surface area contributed by atoms with E-state index in [1.54, 1.807) is 25.3 Å². The maximum absolute atomic E-state index is 13.9. The number of ether oxygens (including phenoxy) is 2. The minimum Gasteiger partial charge on any atom is -0.493 e. The van der Waals surface area contributed by atoms with Gasteiger partial charge in [-0.2, -0.15) is 0 Å². The predicted octanol–water partition coefficient (Wildman–Crippen LogP) is 4.99. The van der Waals surface area contributed by atoms with Gasteiger partial charge in [0.1, 0.15) is 17.3 Å². The number of aliphatic hydroxyl groups is 1. The molecule has 2 saturated heterocycles. The van der Waals surface area contributed by atoms with Crippen LogP contribution in [0.25, 0.3) is 0 Å². The SMILES string of the molecule is CCCCN1C(=O)[C@@H](CC2(O)CCCCC2)NC(=O)C12CCN(Cc1ccc(Oc3ccc(NC(C)=O)cc3OC)cc1)CC2. The van der Waals surface area contributed by atoms with E-state index in [2.05, 4.69) is 22.5 Å². The molecule has 3 fully saturated rings. The van der Waals surface area contributed by atoms with Crippen LogP contribution in [0.15, 0.2) is 42.5 Å². The Bertz CT molecular complexity index is 1350. The zero-order valence-corrected chi connectivity index (χ0v) is 26.9. The summed E-state index contributed by atoms with van der Waals surface area (Å²) in [5.41, 5.74) is 0.0489. The number of methoxy groups -OCH3 is 1. The van der Waals surface area contributed by atoms with E-state index in [9.17, 15) is 19.5 Å². The van der Waals surface area contributed by atoms with E-state index < -0.39 is 17.2 Å². The quantitative estimate of drug-likeness (QED) is 0.324. The zero-order chi connectivity index (χ0) is 32.0. The Balaban J connectivity index is 1.20. The van der Waals surface area contributed by atoms with E-state index >= 15 is 0 Å². The Labute approximate surface area is 266 Å². The van der Waals surface area contributed by atoms with Gasteiger partial charge in [0.25, 0.3) is 0 Å². The third-order valence-corrected chi connectivity index (χ3v) is 9.64. The second-order valence-corrected chi connectivity index (χ2v) is 13.0. The molecule has 1 spiro atoms. The molecule has 1 saturated carbocycles. The van der Waals surface area contributed by atoms with E-state index in [1.165, 1.54) is 6.92 Å². The fourth-order valence-electron chi connectivity index (χ4n) is 7.11. The topological polar surface area (TPSA) is 120 Å². The minimum absolute atomic E-state index is 0.0347. The van der Waals surface area contributed by atoms with Gasteiger partial charge in [-0.25, -0.2) is 0 Å². The Morgan fingerprint density at radius 3 is 2.38 bits per heavy atom. The summed E-state index contributed by atoms with van der Waals surface area (Å²) in [7, 11) is 1.56. The van der Waals surface area contributed by atoms with Gasteiger partial charge in [0, 0.05) is 51.3 Å². The molecule has 0 unspecified atom stereocenters. The van der Waals surface area contributed by atoms with E-state index in [0.717, 1.165) is 44.2 Å². The highest BCUT2D eigenvalue weighted by Crippen LogP contribution is 2.38. The third kappa shape index (κ3) is 7.61. The van der Waals surface area contributed by atoms with E-state index in [-0.39, 0.29) is 17.7 Å². The maximum atomic E-state index is 13.9. The third-order valence-electron chi connectivity index (χ3n) is 9.64. The number of likely N-dealkylation sites (tertiary alicyclic amines) is 1. The molecule has 3 aliphatic rings. The molecule has 1 aliphatic carbocycles. The van der Waals surface area contributed by atoms with Crippen LogP contribution >= 0.6 is 0 Å². The summed E-state index contributed by atoms with van der Waals surface area (Å²) in [6, 6.07) is 12.5. The fourth-order valence-corrected chi connectivity index (χ4v) is 7.11. The summed E-state index contributed by atoms with van der Waals surface area (Å²) >= 11 is 0. The van der Waals surface area contributed by atoms with Crippen LogP contribution in [-0.4, -0.2) is 76.6 Å². The number of benzene rings is 2. The number of hydrogen-bond donors (Lipinski definition) is 3. The van der Waals surface area contributed by atoms with E-state index in [0.29, 0.717) is 74.7 Å². The van der Waals surface area contributed by atoms with E-state index in [4.69, 9.17) is 9.47 Å². The van der Waals surface area contributed by atoms with Crippen molar-refractivity contribution in [2.75, 3.05) is 32.1 Å². The lowest BCUT2D eigenvalue weighted by Crippen LogP contribution is -2.73. The van der Waals surface area contributed by atoms with Crippen molar-refractivity contribution in [3.63, 3.8) is 0 Å². The van der Waals surface area contributed by atoms with Crippen molar-refractivity contribution in [3.05, 3.63) is 48.0 Å². The van der Waals surface area contributed by atoms with Crippen LogP contribution in [0, 0.1) is 0 Å². The van der Waals surface area contributed by atoms with Crippen molar-refractivity contribution < 1.29 is 29.0 Å². The average molecular weight is 621 g/mol. The Morgan fingerprint density at radius 1 is 1.02 bits per heavy atom. The lowest BCUT2D eigenvalue weighted by Gasteiger charge is -2.52. The summed E-state index contributed by atoms with van der Waals surface area (Å²) in [6.07, 6.45) is 7.68. The first-order valence-corrected chi connectivity index (χ1v) is 16.4. The number of carbonyl (C=O) groups is 3. The first-order valence-electron chi connectivity index (χ1n) is 16.4. The second-order valence-electron chi connectivity index (χ2n) is 13.0. The van der Waals surface area contributed by atoms with Gasteiger partial charge in [-0.1, -0.05) is 44.7 Å². The summed E-state index contributed by atoms with van der Waals surface area (Å²) in [6.45, 7) is 6.26. The van der Waals surface area contributed by atoms with Crippen molar-refractivity contribution in [2.45, 2.75) is 102 Å². The van der Waals surface area contributed by atoms with Crippen molar-refractivity contribution in [1.82, 2.24) is 15.1 Å². The van der Waals surface area contributed by atoms with Gasteiger partial charge in [-0.3, -0.25) is 19.3 Å². The Kier molecular flexibility index (Phi) is 10.3. The van der Waals surface area contributed by atoms with Crippen molar-refractivity contribution in [3.8, 4) is 17.2 Å². The fraction of sp³-hybridized carbons (Fsp3) is 0.571. The number of amides is 3. The number of nitrogens with one attached hydrogen (secondary N) is 2. The largest absolute Gasteiger partial charge is 0.493 e. The van der Waals surface area contributed by atoms with Crippen LogP contribution in [0.3, 0.4) is 0 Å². The van der Waals surface area contributed by atoms with Gasteiger partial charge in [-0.15, -0.1) is 0 Å². The van der Waals surface area contributed by atoms with Crippen LogP contribution in [0.2, 0.25) is 0 Å². The normalized spacial score (nSPS) is 21.3. The number of rotatable bonds is 11. The Hall–Kier alpha value is -3.63. The van der Waals surface area contributed by atoms with Crippen molar-refractivity contribution >= 4 is 23.4 Å². The second kappa shape index (κ2) is 14.2. The number of unbranched alkanes of at least 4 members (excludes halogenated alkanes) is 1. The average Bonchev–Trinajstić information content (AvgIpc) is 3.02. The zero-order valence-electron chi connectivity index (χ0n) is 26.9. The first kappa shape index (κ1) is 32.8. The van der Waals surface area contributed by atoms with Gasteiger partial charge in [0.15, 0.2) is 11.5 Å². The van der Waals surface area contributed by atoms with Crippen molar-refractivity contribution in [1.29, 1.82) is 0 Å². The first-order chi connectivity index (χ1) is 21.6. The molecular formula is C35H48N4O6. The molecule has 0 bridgehead atoms. The van der Waals surface area contributed by atoms with Crippen LogP contribution in [0.5, 0.6) is 17.2 Å². The molecule has 3 amide bonds. The Morgan fingerprint density at radius 2 is 1.73 bits per heavy atom. The highest BCUT2D eigenvalue weighted by atomic mass is 16.5. The highest BCUT2D eigenvalue weighted by Gasteiger charge is 2.54. The number of anilines is 1. The maximum Gasteiger partial charge on any atom is 0.246 e. The van der Waals surface area contributed by atoms with Crippen molar-refractivity contribution in [2.24, 2.45) is 0 Å². The molecule has 244 valence electrons. The lowest BCUT2D eigenvalue weighted by atomic mass is 9.77. The predicted molar refractivity (Wildman–Crippen MR) is 172 cm³/mol. The number of piperazine rings is 1. The summed E-state index contributed by atoms with van der Waals surface area (Å²) < 4.78 is 11.5. The van der Waals surface area contributed by atoms with Gasteiger partial charge in [-0.05, 0) is 61.9 Å². The standard InChI is InChI=1S/C35H48N4O6/c1-4-5-19-39-32(41)29(23-34(43)15-7-6-8-16-34)37-33(42)35(39)17-20-38(21-18-35)24-26-9-12-28(13-10-26)45-30-14-11-27(36-25(2)40)22-31(30)44-3/h9-14,22,29,43H,4-8,15-21,23-24H2,1-3H3,(H,36,40)(H,37,42)/t29-/m1/s1. The van der Waals surface area contributed by atoms with Crippen LogP contribution in [-0.2, 0) is 20.9 Å². The van der Waals surface area contributed by atoms with Crippen LogP contribution in [0.1, 0.15) is 83.6 Å². The van der Waals surface area contributed by atoms with Gasteiger partial charge < -0.3 is 30.1 Å². The highest BCUT2D eigenvalue weighted by molar-refractivity contribution is 6.00. The molecule has 0 radical (unpaired) electrons. The number of nitrogens with zero attached hydrogens (tertiary/aromatic N) is 2. The van der Waals surface area contributed by atoms with Crippen LogP contribution in [0.4, 0.5) is 5.69 Å². The molecular weight excluding hydrogens is 572 g/mol. The molecule has 10 nitrogen and oxygen atoms in total. The summed E-state index contributed by atoms with van der Waals surface area (Å²) in [4.78, 5) is 43.2. The van der Waals surface area contributed by atoms with Gasteiger partial charge in [0.2, 0.25) is 17.7 Å². The summed E-state index contributed by atoms with van der Waals surface area (Å²) in [5.74, 6) is 1.47. The van der Waals surface area contributed by atoms with Gasteiger partial charge in [0.05, 0.1) is 12.7 Å². The molecule has 10 heteroatoms. The summed E-state index contributed by atoms with van der Waals surface area (Å²) in [5, 5.41) is 17.0. The molecule has 2 aromatic rings. The molecule has 2 heterocycles. The number of carbonyl (C=O) groups excluding carboxylic acids is 3. The number of piperidine rings is 1. The molecule has 2 aliphatic heterocycles. The molecule has 3 N–H and O–H groups in total. The number of hydrogen-bond acceptors (Lipinski definition) is 7. The smallest absolute Gasteiger partial charge is 0.246 e.